The van der Waals surface area contributed by atoms with E-state index in [0.29, 0.717) is 11.1 Å². The fourth-order valence-electron chi connectivity index (χ4n) is 1.09. The van der Waals surface area contributed by atoms with Gasteiger partial charge in [-0.1, -0.05) is 11.6 Å². The van der Waals surface area contributed by atoms with E-state index in [4.69, 9.17) is 11.6 Å². The highest BCUT2D eigenvalue weighted by atomic mass is 35.5. The number of nitrogens with one attached hydrogen (secondary N) is 1. The maximum atomic E-state index is 5.88. The number of hydrogen-bond donors (Lipinski definition) is 1. The molecule has 78 valence electrons. The van der Waals surface area contributed by atoms with Crippen molar-refractivity contribution in [3.05, 3.63) is 29.2 Å². The van der Waals surface area contributed by atoms with E-state index >= 15 is 0 Å². The minimum Gasteiger partial charge on any atom is -0.309 e. The Labute approximate surface area is 92.1 Å². The molecule has 5 nitrogen and oxygen atoms in total. The molecule has 0 aromatic carbocycles. The Balaban J connectivity index is 2.25. The van der Waals surface area contributed by atoms with Gasteiger partial charge in [0.1, 0.15) is 11.0 Å². The van der Waals surface area contributed by atoms with E-state index in [2.05, 4.69) is 20.4 Å². The second-order valence-corrected chi connectivity index (χ2v) is 3.49. The van der Waals surface area contributed by atoms with Crippen LogP contribution in [0.3, 0.4) is 0 Å². The van der Waals surface area contributed by atoms with Crippen LogP contribution in [0, 0.1) is 6.92 Å². The van der Waals surface area contributed by atoms with Crippen LogP contribution in [0.25, 0.3) is 0 Å². The van der Waals surface area contributed by atoms with Gasteiger partial charge >= 0.3 is 0 Å². The van der Waals surface area contributed by atoms with E-state index in [1.807, 2.05) is 20.0 Å². The second kappa shape index (κ2) is 3.86. The van der Waals surface area contributed by atoms with Gasteiger partial charge in [0.15, 0.2) is 0 Å². The van der Waals surface area contributed by atoms with Gasteiger partial charge in [-0.25, -0.2) is 9.97 Å². The molecule has 0 unspecified atom stereocenters. The van der Waals surface area contributed by atoms with Gasteiger partial charge in [-0.2, -0.15) is 5.10 Å². The fourth-order valence-corrected chi connectivity index (χ4v) is 1.22. The minimum absolute atomic E-state index is 0.453. The van der Waals surface area contributed by atoms with Crippen molar-refractivity contribution in [2.45, 2.75) is 6.92 Å². The van der Waals surface area contributed by atoms with Crippen LogP contribution >= 0.6 is 11.6 Å². The zero-order valence-electron chi connectivity index (χ0n) is 8.40. The van der Waals surface area contributed by atoms with E-state index in [0.717, 1.165) is 11.4 Å². The lowest BCUT2D eigenvalue weighted by molar-refractivity contribution is 0.775. The first-order valence-corrected chi connectivity index (χ1v) is 4.79. The summed E-state index contributed by atoms with van der Waals surface area (Å²) in [6.45, 7) is 1.86. The third-order valence-electron chi connectivity index (χ3n) is 1.97. The topological polar surface area (TPSA) is 55.6 Å². The maximum Gasteiger partial charge on any atom is 0.229 e. The molecule has 0 spiro atoms. The van der Waals surface area contributed by atoms with Crippen LogP contribution in [0.15, 0.2) is 18.5 Å². The molecule has 0 radical (unpaired) electrons. The Morgan fingerprint density at radius 2 is 2.27 bits per heavy atom. The maximum absolute atomic E-state index is 5.88. The summed E-state index contributed by atoms with van der Waals surface area (Å²) in [5.74, 6) is 1.28. The summed E-state index contributed by atoms with van der Waals surface area (Å²) in [6, 6.07) is 1.83. The SMILES string of the molecule is Cc1cnc(Nc2ccnn2C)nc1Cl. The predicted molar refractivity (Wildman–Crippen MR) is 58.3 cm³/mol. The van der Waals surface area contributed by atoms with Crippen LogP contribution in [0.1, 0.15) is 5.56 Å². The summed E-state index contributed by atoms with van der Waals surface area (Å²) in [7, 11) is 1.83. The summed E-state index contributed by atoms with van der Waals surface area (Å²) < 4.78 is 1.69. The molecule has 2 heterocycles. The van der Waals surface area contributed by atoms with E-state index in [1.54, 1.807) is 17.1 Å². The zero-order chi connectivity index (χ0) is 10.8. The summed E-state index contributed by atoms with van der Waals surface area (Å²) in [6.07, 6.45) is 3.37. The first-order chi connectivity index (χ1) is 7.16. The molecule has 2 aromatic rings. The molecule has 0 saturated heterocycles. The van der Waals surface area contributed by atoms with Gasteiger partial charge in [0.25, 0.3) is 0 Å². The molecule has 6 heteroatoms. The van der Waals surface area contributed by atoms with Crippen LogP contribution in [-0.4, -0.2) is 19.7 Å². The number of anilines is 2. The van der Waals surface area contributed by atoms with E-state index in [-0.39, 0.29) is 0 Å². The highest BCUT2D eigenvalue weighted by Crippen LogP contribution is 2.15. The monoisotopic (exact) mass is 223 g/mol. The third kappa shape index (κ3) is 2.07. The average Bonchev–Trinajstić information content (AvgIpc) is 2.59. The lowest BCUT2D eigenvalue weighted by Gasteiger charge is -2.05. The Kier molecular flexibility index (Phi) is 2.55. The lowest BCUT2D eigenvalue weighted by Crippen LogP contribution is -2.02. The highest BCUT2D eigenvalue weighted by Gasteiger charge is 2.03. The molecular formula is C9H10ClN5. The smallest absolute Gasteiger partial charge is 0.229 e. The number of rotatable bonds is 2. The van der Waals surface area contributed by atoms with Gasteiger partial charge in [-0.15, -0.1) is 0 Å². The van der Waals surface area contributed by atoms with Crippen molar-refractivity contribution in [3.8, 4) is 0 Å². The van der Waals surface area contributed by atoms with Crippen molar-refractivity contribution in [1.82, 2.24) is 19.7 Å². The van der Waals surface area contributed by atoms with Crippen LogP contribution in [0.5, 0.6) is 0 Å². The van der Waals surface area contributed by atoms with E-state index < -0.39 is 0 Å². The van der Waals surface area contributed by atoms with E-state index in [1.165, 1.54) is 0 Å². The molecule has 0 aliphatic heterocycles. The van der Waals surface area contributed by atoms with Gasteiger partial charge in [-0.05, 0) is 6.92 Å². The lowest BCUT2D eigenvalue weighted by atomic mass is 10.4. The second-order valence-electron chi connectivity index (χ2n) is 3.13. The van der Waals surface area contributed by atoms with Gasteiger partial charge < -0.3 is 5.32 Å². The minimum atomic E-state index is 0.453. The third-order valence-corrected chi connectivity index (χ3v) is 2.35. The number of aromatic nitrogens is 4. The van der Waals surface area contributed by atoms with Crippen LogP contribution < -0.4 is 5.32 Å². The van der Waals surface area contributed by atoms with Crippen LogP contribution in [0.2, 0.25) is 5.15 Å². The summed E-state index contributed by atoms with van der Waals surface area (Å²) in [5, 5.41) is 7.49. The molecular weight excluding hydrogens is 214 g/mol. The standard InChI is InChI=1S/C9H10ClN5/c1-6-5-11-9(14-8(6)10)13-7-3-4-12-15(7)2/h3-5H,1-2H3,(H,11,13,14). The number of halogens is 1. The Bertz CT molecular complexity index is 479. The molecule has 0 saturated carbocycles. The highest BCUT2D eigenvalue weighted by molar-refractivity contribution is 6.30. The normalized spacial score (nSPS) is 10.3. The summed E-state index contributed by atoms with van der Waals surface area (Å²) >= 11 is 5.88. The Hall–Kier alpha value is -1.62. The molecule has 2 aromatic heterocycles. The molecule has 1 N–H and O–H groups in total. The van der Waals surface area contributed by atoms with Gasteiger partial charge in [-0.3, -0.25) is 4.68 Å². The average molecular weight is 224 g/mol. The van der Waals surface area contributed by atoms with Gasteiger partial charge in [0.05, 0.1) is 6.20 Å². The summed E-state index contributed by atoms with van der Waals surface area (Å²) in [5.41, 5.74) is 0.854. The van der Waals surface area contributed by atoms with Crippen molar-refractivity contribution in [2.75, 3.05) is 5.32 Å². The number of nitrogens with zero attached hydrogens (tertiary/aromatic N) is 4. The van der Waals surface area contributed by atoms with Gasteiger partial charge in [0, 0.05) is 24.9 Å². The van der Waals surface area contributed by atoms with Crippen molar-refractivity contribution >= 4 is 23.4 Å². The molecule has 0 bridgehead atoms. The van der Waals surface area contributed by atoms with Crippen LogP contribution in [0.4, 0.5) is 11.8 Å². The number of aryl methyl sites for hydroxylation is 2. The molecule has 0 fully saturated rings. The predicted octanol–water partition coefficient (Wildman–Crippen LogP) is 1.92. The van der Waals surface area contributed by atoms with Gasteiger partial charge in [0.2, 0.25) is 5.95 Å². The first kappa shape index (κ1) is 9.92. The largest absolute Gasteiger partial charge is 0.309 e. The molecule has 0 aliphatic rings. The quantitative estimate of drug-likeness (QED) is 0.791. The van der Waals surface area contributed by atoms with Crippen molar-refractivity contribution in [2.24, 2.45) is 7.05 Å². The van der Waals surface area contributed by atoms with Crippen molar-refractivity contribution in [3.63, 3.8) is 0 Å². The molecule has 2 rings (SSSR count). The molecule has 0 aliphatic carbocycles. The van der Waals surface area contributed by atoms with Crippen molar-refractivity contribution in [1.29, 1.82) is 0 Å². The molecule has 0 amide bonds. The molecule has 15 heavy (non-hydrogen) atoms. The zero-order valence-corrected chi connectivity index (χ0v) is 9.15. The first-order valence-electron chi connectivity index (χ1n) is 4.41. The molecule has 0 atom stereocenters. The van der Waals surface area contributed by atoms with Crippen LogP contribution in [-0.2, 0) is 7.05 Å². The summed E-state index contributed by atoms with van der Waals surface area (Å²) in [4.78, 5) is 8.20. The Morgan fingerprint density at radius 3 is 2.87 bits per heavy atom. The van der Waals surface area contributed by atoms with Crippen molar-refractivity contribution < 1.29 is 0 Å². The van der Waals surface area contributed by atoms with E-state index in [9.17, 15) is 0 Å². The fraction of sp³-hybridized carbons (Fsp3) is 0.222. The Morgan fingerprint density at radius 1 is 1.47 bits per heavy atom. The number of hydrogen-bond acceptors (Lipinski definition) is 4.